The van der Waals surface area contributed by atoms with Gasteiger partial charge in [-0.05, 0) is 41.8 Å². The van der Waals surface area contributed by atoms with Crippen LogP contribution in [-0.2, 0) is 19.1 Å². The zero-order chi connectivity index (χ0) is 23.4. The van der Waals surface area contributed by atoms with E-state index >= 15 is 0 Å². The van der Waals surface area contributed by atoms with Crippen molar-refractivity contribution in [3.8, 4) is 0 Å². The topological polar surface area (TPSA) is 110 Å². The standard InChI is InChI=1S/C23H24Cl2N2O5/c1-2-4-17(22(26)30)27-20(13-7-9-15(24)10-8-13)21(14-5-3-6-16(25)11-14)32-18(23(27)31)12-19(28)29/h3,5-11,17-18,20-21H,2,4,12H2,1H3,(H2,26,30)(H,28,29)/t17?,18-,20+,21-/m1/s1. The number of benzene rings is 2. The number of carbonyl (C=O) groups excluding carboxylic acids is 2. The third-order valence-electron chi connectivity index (χ3n) is 5.40. The van der Waals surface area contributed by atoms with Crippen molar-refractivity contribution in [1.82, 2.24) is 4.90 Å². The highest BCUT2D eigenvalue weighted by Crippen LogP contribution is 2.44. The van der Waals surface area contributed by atoms with E-state index in [9.17, 15) is 19.5 Å². The van der Waals surface area contributed by atoms with Gasteiger partial charge in [0.25, 0.3) is 5.91 Å². The average molecular weight is 479 g/mol. The van der Waals surface area contributed by atoms with Crippen molar-refractivity contribution in [2.75, 3.05) is 0 Å². The smallest absolute Gasteiger partial charge is 0.306 e. The van der Waals surface area contributed by atoms with Crippen LogP contribution in [-0.4, -0.2) is 39.9 Å². The number of nitrogens with two attached hydrogens (primary N) is 1. The Morgan fingerprint density at radius 1 is 1.12 bits per heavy atom. The molecule has 32 heavy (non-hydrogen) atoms. The number of ether oxygens (including phenoxy) is 1. The van der Waals surface area contributed by atoms with Crippen LogP contribution in [0.1, 0.15) is 49.5 Å². The van der Waals surface area contributed by atoms with Gasteiger partial charge < -0.3 is 20.5 Å². The van der Waals surface area contributed by atoms with Crippen LogP contribution in [0, 0.1) is 0 Å². The fourth-order valence-electron chi connectivity index (χ4n) is 4.03. The molecular weight excluding hydrogens is 455 g/mol. The van der Waals surface area contributed by atoms with Gasteiger partial charge in [0, 0.05) is 10.0 Å². The predicted octanol–water partition coefficient (Wildman–Crippen LogP) is 4.13. The largest absolute Gasteiger partial charge is 0.481 e. The first-order valence-corrected chi connectivity index (χ1v) is 11.0. The number of carboxylic acid groups (broad SMARTS) is 1. The van der Waals surface area contributed by atoms with Crippen LogP contribution < -0.4 is 5.73 Å². The highest BCUT2D eigenvalue weighted by molar-refractivity contribution is 6.30. The van der Waals surface area contributed by atoms with Gasteiger partial charge in [-0.2, -0.15) is 0 Å². The zero-order valence-corrected chi connectivity index (χ0v) is 18.9. The highest BCUT2D eigenvalue weighted by atomic mass is 35.5. The lowest BCUT2D eigenvalue weighted by Crippen LogP contribution is -2.58. The lowest BCUT2D eigenvalue weighted by Gasteiger charge is -2.47. The number of nitrogens with zero attached hydrogens (tertiary/aromatic N) is 1. The van der Waals surface area contributed by atoms with E-state index in [-0.39, 0.29) is 0 Å². The van der Waals surface area contributed by atoms with E-state index in [0.29, 0.717) is 34.0 Å². The molecule has 1 aliphatic rings. The fraction of sp³-hybridized carbons (Fsp3) is 0.348. The van der Waals surface area contributed by atoms with E-state index in [2.05, 4.69) is 0 Å². The zero-order valence-electron chi connectivity index (χ0n) is 17.4. The van der Waals surface area contributed by atoms with Crippen LogP contribution >= 0.6 is 23.2 Å². The number of amides is 2. The van der Waals surface area contributed by atoms with Gasteiger partial charge in [0.15, 0.2) is 0 Å². The van der Waals surface area contributed by atoms with Crippen molar-refractivity contribution in [2.24, 2.45) is 5.73 Å². The molecule has 2 aromatic rings. The van der Waals surface area contributed by atoms with Crippen LogP contribution in [0.25, 0.3) is 0 Å². The van der Waals surface area contributed by atoms with Crippen molar-refractivity contribution in [1.29, 1.82) is 0 Å². The first kappa shape index (κ1) is 24.0. The first-order valence-electron chi connectivity index (χ1n) is 10.2. The number of aliphatic carboxylic acids is 1. The van der Waals surface area contributed by atoms with Crippen molar-refractivity contribution in [2.45, 2.75) is 50.5 Å². The molecule has 0 radical (unpaired) electrons. The SMILES string of the molecule is CCCC(C(N)=O)N1C(=O)[C@@H](CC(=O)O)O[C@H](c2cccc(Cl)c2)[C@@H]1c1ccc(Cl)cc1. The molecule has 2 amide bonds. The van der Waals surface area contributed by atoms with Gasteiger partial charge in [-0.3, -0.25) is 14.4 Å². The first-order chi connectivity index (χ1) is 15.2. The molecule has 9 heteroatoms. The molecule has 1 fully saturated rings. The van der Waals surface area contributed by atoms with E-state index < -0.39 is 48.5 Å². The van der Waals surface area contributed by atoms with Crippen molar-refractivity contribution in [3.05, 3.63) is 69.7 Å². The summed E-state index contributed by atoms with van der Waals surface area (Å²) < 4.78 is 6.07. The molecule has 0 saturated carbocycles. The van der Waals surface area contributed by atoms with Crippen LogP contribution in [0.15, 0.2) is 48.5 Å². The molecule has 1 heterocycles. The number of hydrogen-bond donors (Lipinski definition) is 2. The molecule has 170 valence electrons. The van der Waals surface area contributed by atoms with Gasteiger partial charge in [-0.25, -0.2) is 0 Å². The molecule has 3 N–H and O–H groups in total. The Morgan fingerprint density at radius 3 is 2.38 bits per heavy atom. The van der Waals surface area contributed by atoms with E-state index in [0.717, 1.165) is 0 Å². The molecule has 7 nitrogen and oxygen atoms in total. The summed E-state index contributed by atoms with van der Waals surface area (Å²) in [6.07, 6.45) is -1.68. The van der Waals surface area contributed by atoms with Gasteiger partial charge in [-0.15, -0.1) is 0 Å². The average Bonchev–Trinajstić information content (AvgIpc) is 2.73. The Kier molecular flexibility index (Phi) is 7.77. The Hall–Kier alpha value is -2.61. The van der Waals surface area contributed by atoms with Crippen molar-refractivity contribution in [3.63, 3.8) is 0 Å². The minimum absolute atomic E-state index is 0.327. The summed E-state index contributed by atoms with van der Waals surface area (Å²) in [5.74, 6) is -2.45. The third kappa shape index (κ3) is 5.23. The normalized spacial score (nSPS) is 21.9. The van der Waals surface area contributed by atoms with Crippen molar-refractivity contribution >= 4 is 41.0 Å². The van der Waals surface area contributed by atoms with Gasteiger partial charge in [0.05, 0.1) is 12.5 Å². The molecule has 0 spiro atoms. The molecule has 0 aliphatic carbocycles. The number of hydrogen-bond acceptors (Lipinski definition) is 4. The maximum atomic E-state index is 13.5. The molecule has 1 unspecified atom stereocenters. The molecule has 0 bridgehead atoms. The fourth-order valence-corrected chi connectivity index (χ4v) is 4.36. The molecule has 0 aromatic heterocycles. The Morgan fingerprint density at radius 2 is 1.81 bits per heavy atom. The summed E-state index contributed by atoms with van der Waals surface area (Å²) in [6.45, 7) is 1.88. The van der Waals surface area contributed by atoms with Crippen LogP contribution in [0.4, 0.5) is 0 Å². The summed E-state index contributed by atoms with van der Waals surface area (Å²) in [5.41, 5.74) is 7.02. The Bertz CT molecular complexity index is 998. The van der Waals surface area contributed by atoms with Gasteiger partial charge >= 0.3 is 5.97 Å². The van der Waals surface area contributed by atoms with Crippen LogP contribution in [0.2, 0.25) is 10.0 Å². The third-order valence-corrected chi connectivity index (χ3v) is 5.89. The van der Waals surface area contributed by atoms with Gasteiger partial charge in [0.2, 0.25) is 5.91 Å². The van der Waals surface area contributed by atoms with E-state index in [1.54, 1.807) is 48.5 Å². The number of morpholine rings is 1. The van der Waals surface area contributed by atoms with Gasteiger partial charge in [0.1, 0.15) is 18.2 Å². The van der Waals surface area contributed by atoms with E-state index in [1.165, 1.54) is 4.90 Å². The molecule has 3 rings (SSSR count). The summed E-state index contributed by atoms with van der Waals surface area (Å²) in [5, 5.41) is 10.3. The maximum absolute atomic E-state index is 13.5. The predicted molar refractivity (Wildman–Crippen MR) is 120 cm³/mol. The number of rotatable bonds is 8. The lowest BCUT2D eigenvalue weighted by molar-refractivity contribution is -0.184. The van der Waals surface area contributed by atoms with Crippen LogP contribution in [0.3, 0.4) is 0 Å². The van der Waals surface area contributed by atoms with E-state index in [4.69, 9.17) is 33.7 Å². The summed E-state index contributed by atoms with van der Waals surface area (Å²) in [4.78, 5) is 38.7. The number of carboxylic acids is 1. The monoisotopic (exact) mass is 478 g/mol. The molecule has 1 aliphatic heterocycles. The van der Waals surface area contributed by atoms with Crippen molar-refractivity contribution < 1.29 is 24.2 Å². The lowest BCUT2D eigenvalue weighted by atomic mass is 9.89. The number of halogens is 2. The minimum Gasteiger partial charge on any atom is -0.481 e. The Balaban J connectivity index is 2.20. The van der Waals surface area contributed by atoms with Gasteiger partial charge in [-0.1, -0.05) is 60.8 Å². The highest BCUT2D eigenvalue weighted by Gasteiger charge is 2.48. The summed E-state index contributed by atoms with van der Waals surface area (Å²) in [6, 6.07) is 12.1. The molecule has 1 saturated heterocycles. The quantitative estimate of drug-likeness (QED) is 0.592. The Labute approximate surface area is 196 Å². The second-order valence-electron chi connectivity index (χ2n) is 7.65. The molecule has 4 atom stereocenters. The molecule has 2 aromatic carbocycles. The minimum atomic E-state index is -1.28. The second kappa shape index (κ2) is 10.3. The number of primary amides is 1. The second-order valence-corrected chi connectivity index (χ2v) is 8.52. The summed E-state index contributed by atoms with van der Waals surface area (Å²) >= 11 is 12.3. The van der Waals surface area contributed by atoms with E-state index in [1.807, 2.05) is 6.92 Å². The molecular formula is C23H24Cl2N2O5. The number of carbonyl (C=O) groups is 3. The summed E-state index contributed by atoms with van der Waals surface area (Å²) in [7, 11) is 0. The maximum Gasteiger partial charge on any atom is 0.306 e. The van der Waals surface area contributed by atoms with Crippen LogP contribution in [0.5, 0.6) is 0 Å².